The van der Waals surface area contributed by atoms with Crippen LogP contribution in [0.5, 0.6) is 0 Å². The lowest BCUT2D eigenvalue weighted by molar-refractivity contribution is 0.259. The molecule has 1 fully saturated rings. The molecule has 0 aliphatic heterocycles. The number of primary amides is 1. The first-order valence-electron chi connectivity index (χ1n) is 7.05. The maximum Gasteiger partial charge on any atom is 0.316 e. The van der Waals surface area contributed by atoms with Crippen molar-refractivity contribution in [3.63, 3.8) is 0 Å². The molecule has 1 saturated carbocycles. The van der Waals surface area contributed by atoms with Crippen LogP contribution >= 0.6 is 0 Å². The van der Waals surface area contributed by atoms with Gasteiger partial charge in [0.05, 0.1) is 0 Å². The monoisotopic (exact) mass is 261 g/mol. The SMILES string of the molecule is CC(NCCCC1CC1)c1ccc(NC(N)=O)cc1. The second-order valence-electron chi connectivity index (χ2n) is 5.37. The highest BCUT2D eigenvalue weighted by atomic mass is 16.2. The summed E-state index contributed by atoms with van der Waals surface area (Å²) >= 11 is 0. The molecular weight excluding hydrogens is 238 g/mol. The topological polar surface area (TPSA) is 67.2 Å². The number of anilines is 1. The van der Waals surface area contributed by atoms with Gasteiger partial charge in [-0.2, -0.15) is 0 Å². The van der Waals surface area contributed by atoms with Crippen LogP contribution in [0.3, 0.4) is 0 Å². The molecular formula is C15H23N3O. The third kappa shape index (κ3) is 4.91. The van der Waals surface area contributed by atoms with Crippen LogP contribution in [0.25, 0.3) is 0 Å². The second-order valence-corrected chi connectivity index (χ2v) is 5.37. The lowest BCUT2D eigenvalue weighted by Gasteiger charge is -2.14. The fourth-order valence-electron chi connectivity index (χ4n) is 2.23. The van der Waals surface area contributed by atoms with Crippen molar-refractivity contribution in [3.05, 3.63) is 29.8 Å². The fraction of sp³-hybridized carbons (Fsp3) is 0.533. The largest absolute Gasteiger partial charge is 0.351 e. The van der Waals surface area contributed by atoms with Gasteiger partial charge in [0, 0.05) is 11.7 Å². The van der Waals surface area contributed by atoms with Crippen molar-refractivity contribution in [1.82, 2.24) is 5.32 Å². The van der Waals surface area contributed by atoms with Crippen LogP contribution in [0, 0.1) is 5.92 Å². The van der Waals surface area contributed by atoms with E-state index in [9.17, 15) is 4.79 Å². The molecule has 0 spiro atoms. The number of urea groups is 1. The first-order chi connectivity index (χ1) is 9.15. The number of hydrogen-bond donors (Lipinski definition) is 3. The summed E-state index contributed by atoms with van der Waals surface area (Å²) in [5, 5.41) is 6.09. The van der Waals surface area contributed by atoms with Crippen LogP contribution in [0.2, 0.25) is 0 Å². The van der Waals surface area contributed by atoms with Crippen molar-refractivity contribution < 1.29 is 4.79 Å². The number of nitrogens with two attached hydrogens (primary N) is 1. The van der Waals surface area contributed by atoms with Crippen molar-refractivity contribution in [3.8, 4) is 0 Å². The summed E-state index contributed by atoms with van der Waals surface area (Å²) in [7, 11) is 0. The van der Waals surface area contributed by atoms with E-state index >= 15 is 0 Å². The van der Waals surface area contributed by atoms with E-state index in [0.717, 1.165) is 18.2 Å². The summed E-state index contributed by atoms with van der Waals surface area (Å²) < 4.78 is 0. The Morgan fingerprint density at radius 1 is 1.37 bits per heavy atom. The van der Waals surface area contributed by atoms with Crippen molar-refractivity contribution >= 4 is 11.7 Å². The van der Waals surface area contributed by atoms with Crippen LogP contribution in [0.1, 0.15) is 44.2 Å². The molecule has 0 radical (unpaired) electrons. The zero-order chi connectivity index (χ0) is 13.7. The molecule has 0 saturated heterocycles. The van der Waals surface area contributed by atoms with E-state index in [1.807, 2.05) is 24.3 Å². The highest BCUT2D eigenvalue weighted by Gasteiger charge is 2.20. The van der Waals surface area contributed by atoms with Gasteiger partial charge >= 0.3 is 6.03 Å². The van der Waals surface area contributed by atoms with Gasteiger partial charge in [0.25, 0.3) is 0 Å². The number of carbonyl (C=O) groups is 1. The minimum atomic E-state index is -0.529. The van der Waals surface area contributed by atoms with Crippen molar-refractivity contribution in [2.24, 2.45) is 11.7 Å². The van der Waals surface area contributed by atoms with Crippen molar-refractivity contribution in [1.29, 1.82) is 0 Å². The molecule has 1 aromatic carbocycles. The predicted molar refractivity (Wildman–Crippen MR) is 78.0 cm³/mol. The zero-order valence-corrected chi connectivity index (χ0v) is 11.5. The van der Waals surface area contributed by atoms with E-state index in [1.54, 1.807) is 0 Å². The van der Waals surface area contributed by atoms with Gasteiger partial charge in [0.2, 0.25) is 0 Å². The van der Waals surface area contributed by atoms with Gasteiger partial charge in [0.15, 0.2) is 0 Å². The average Bonchev–Trinajstić information content (AvgIpc) is 3.18. The first kappa shape index (κ1) is 13.9. The summed E-state index contributed by atoms with van der Waals surface area (Å²) in [5.41, 5.74) is 7.03. The summed E-state index contributed by atoms with van der Waals surface area (Å²) in [6.07, 6.45) is 5.49. The lowest BCUT2D eigenvalue weighted by atomic mass is 10.1. The standard InChI is InChI=1S/C15H23N3O/c1-11(17-10-2-3-12-4-5-12)13-6-8-14(9-7-13)18-15(16)19/h6-9,11-12,17H,2-5,10H2,1H3,(H3,16,18,19). The molecule has 1 aliphatic carbocycles. The molecule has 2 rings (SSSR count). The molecule has 0 bridgehead atoms. The van der Waals surface area contributed by atoms with Crippen LogP contribution in [-0.4, -0.2) is 12.6 Å². The third-order valence-corrected chi connectivity index (χ3v) is 3.61. The Morgan fingerprint density at radius 3 is 2.63 bits per heavy atom. The summed E-state index contributed by atoms with van der Waals surface area (Å²) in [6.45, 7) is 3.23. The number of nitrogens with one attached hydrogen (secondary N) is 2. The minimum Gasteiger partial charge on any atom is -0.351 e. The second kappa shape index (κ2) is 6.57. The van der Waals surface area contributed by atoms with Gasteiger partial charge in [-0.15, -0.1) is 0 Å². The summed E-state index contributed by atoms with van der Waals surface area (Å²) in [5.74, 6) is 1.01. The highest BCUT2D eigenvalue weighted by molar-refractivity contribution is 5.87. The Bertz CT molecular complexity index is 412. The first-order valence-corrected chi connectivity index (χ1v) is 7.05. The van der Waals surface area contributed by atoms with E-state index < -0.39 is 6.03 Å². The van der Waals surface area contributed by atoms with E-state index in [1.165, 1.54) is 31.2 Å². The van der Waals surface area contributed by atoms with E-state index in [-0.39, 0.29) is 0 Å². The van der Waals surface area contributed by atoms with Gasteiger partial charge < -0.3 is 16.4 Å². The summed E-state index contributed by atoms with van der Waals surface area (Å²) in [4.78, 5) is 10.7. The maximum atomic E-state index is 10.7. The molecule has 0 aromatic heterocycles. The van der Waals surface area contributed by atoms with Gasteiger partial charge in [-0.1, -0.05) is 25.0 Å². The molecule has 1 aromatic rings. The number of carbonyl (C=O) groups excluding carboxylic acids is 1. The number of benzene rings is 1. The van der Waals surface area contributed by atoms with E-state index in [4.69, 9.17) is 5.73 Å². The Labute approximate surface area is 114 Å². The maximum absolute atomic E-state index is 10.7. The Hall–Kier alpha value is -1.55. The molecule has 4 nitrogen and oxygen atoms in total. The van der Waals surface area contributed by atoms with E-state index in [0.29, 0.717) is 6.04 Å². The Morgan fingerprint density at radius 2 is 2.05 bits per heavy atom. The van der Waals surface area contributed by atoms with Gasteiger partial charge in [0.1, 0.15) is 0 Å². The molecule has 1 aliphatic rings. The molecule has 19 heavy (non-hydrogen) atoms. The van der Waals surface area contributed by atoms with Crippen molar-refractivity contribution in [2.45, 2.75) is 38.6 Å². The average molecular weight is 261 g/mol. The Kier molecular flexibility index (Phi) is 4.80. The van der Waals surface area contributed by atoms with Crippen LogP contribution in [0.15, 0.2) is 24.3 Å². The van der Waals surface area contributed by atoms with Crippen molar-refractivity contribution in [2.75, 3.05) is 11.9 Å². The lowest BCUT2D eigenvalue weighted by Crippen LogP contribution is -2.21. The molecule has 104 valence electrons. The van der Waals surface area contributed by atoms with Gasteiger partial charge in [-0.05, 0) is 49.9 Å². The Balaban J connectivity index is 1.74. The number of rotatable bonds is 7. The van der Waals surface area contributed by atoms with Crippen LogP contribution < -0.4 is 16.4 Å². The summed E-state index contributed by atoms with van der Waals surface area (Å²) in [6, 6.07) is 7.60. The quantitative estimate of drug-likeness (QED) is 0.660. The van der Waals surface area contributed by atoms with E-state index in [2.05, 4.69) is 17.6 Å². The molecule has 4 heteroatoms. The molecule has 4 N–H and O–H groups in total. The predicted octanol–water partition coefficient (Wildman–Crippen LogP) is 3.02. The molecule has 1 unspecified atom stereocenters. The van der Waals surface area contributed by atoms with Gasteiger partial charge in [-0.3, -0.25) is 0 Å². The number of amides is 2. The fourth-order valence-corrected chi connectivity index (χ4v) is 2.23. The third-order valence-electron chi connectivity index (χ3n) is 3.61. The minimum absolute atomic E-state index is 0.335. The smallest absolute Gasteiger partial charge is 0.316 e. The molecule has 2 amide bonds. The molecule has 1 atom stereocenters. The highest BCUT2D eigenvalue weighted by Crippen LogP contribution is 2.33. The zero-order valence-electron chi connectivity index (χ0n) is 11.5. The normalized spacial score (nSPS) is 16.1. The number of hydrogen-bond acceptors (Lipinski definition) is 2. The van der Waals surface area contributed by atoms with Gasteiger partial charge in [-0.25, -0.2) is 4.79 Å². The molecule has 0 heterocycles. The van der Waals surface area contributed by atoms with Crippen LogP contribution in [0.4, 0.5) is 10.5 Å². The van der Waals surface area contributed by atoms with Crippen LogP contribution in [-0.2, 0) is 0 Å².